The van der Waals surface area contributed by atoms with E-state index in [0.717, 1.165) is 42.9 Å². The molecule has 0 aliphatic heterocycles. The minimum Gasteiger partial charge on any atom is -0.393 e. The Labute approximate surface area is 104 Å². The molecule has 1 fully saturated rings. The van der Waals surface area contributed by atoms with Crippen molar-refractivity contribution in [2.75, 3.05) is 6.54 Å². The Morgan fingerprint density at radius 1 is 1.59 bits per heavy atom. The van der Waals surface area contributed by atoms with Crippen LogP contribution in [-0.4, -0.2) is 33.2 Å². The maximum atomic E-state index is 11.9. The molecular formula is C11H17N3O2S. The number of aliphatic hydroxyl groups is 1. The van der Waals surface area contributed by atoms with Crippen LogP contribution in [0.4, 0.5) is 0 Å². The van der Waals surface area contributed by atoms with Crippen LogP contribution in [-0.2, 0) is 6.42 Å². The van der Waals surface area contributed by atoms with Crippen LogP contribution in [0, 0.1) is 5.92 Å². The molecule has 1 aliphatic carbocycles. The number of hydrogen-bond donors (Lipinski definition) is 2. The Morgan fingerprint density at radius 2 is 2.35 bits per heavy atom. The van der Waals surface area contributed by atoms with E-state index in [1.807, 2.05) is 0 Å². The van der Waals surface area contributed by atoms with Crippen molar-refractivity contribution in [3.63, 3.8) is 0 Å². The largest absolute Gasteiger partial charge is 0.393 e. The van der Waals surface area contributed by atoms with E-state index in [9.17, 15) is 4.79 Å². The number of rotatable bonds is 5. The third-order valence-electron chi connectivity index (χ3n) is 3.01. The number of aryl methyl sites for hydroxylation is 1. The number of nitrogens with one attached hydrogen (secondary N) is 1. The predicted octanol–water partition coefficient (Wildman–Crippen LogP) is 0.991. The van der Waals surface area contributed by atoms with Crippen LogP contribution in [0.1, 0.15) is 41.6 Å². The van der Waals surface area contributed by atoms with Crippen molar-refractivity contribution in [1.82, 2.24) is 14.9 Å². The summed E-state index contributed by atoms with van der Waals surface area (Å²) in [7, 11) is 0. The third-order valence-corrected chi connectivity index (χ3v) is 3.78. The molecular weight excluding hydrogens is 238 g/mol. The average Bonchev–Trinajstić information content (AvgIpc) is 2.71. The summed E-state index contributed by atoms with van der Waals surface area (Å²) in [5, 5.41) is 16.0. The third kappa shape index (κ3) is 3.01. The molecule has 1 amide bonds. The Bertz CT molecular complexity index is 388. The van der Waals surface area contributed by atoms with E-state index in [2.05, 4.69) is 21.8 Å². The molecule has 2 rings (SSSR count). The van der Waals surface area contributed by atoms with Gasteiger partial charge in [-0.05, 0) is 36.7 Å². The van der Waals surface area contributed by atoms with Gasteiger partial charge >= 0.3 is 0 Å². The zero-order chi connectivity index (χ0) is 12.3. The summed E-state index contributed by atoms with van der Waals surface area (Å²) in [6.07, 6.45) is 3.17. The highest BCUT2D eigenvalue weighted by atomic mass is 32.1. The Morgan fingerprint density at radius 3 is 3.00 bits per heavy atom. The number of amides is 1. The van der Waals surface area contributed by atoms with E-state index in [-0.39, 0.29) is 12.0 Å². The van der Waals surface area contributed by atoms with Crippen LogP contribution < -0.4 is 5.32 Å². The lowest BCUT2D eigenvalue weighted by molar-refractivity contribution is 0.0420. The predicted molar refractivity (Wildman–Crippen MR) is 65.0 cm³/mol. The van der Waals surface area contributed by atoms with E-state index in [1.54, 1.807) is 0 Å². The standard InChI is InChI=1S/C11H17N3O2S/c1-2-3-9-10(17-14-13-9)11(16)12-6-7-4-8(15)5-7/h7-8,15H,2-6H2,1H3,(H,12,16). The van der Waals surface area contributed by atoms with Gasteiger partial charge in [-0.15, -0.1) is 5.10 Å². The summed E-state index contributed by atoms with van der Waals surface area (Å²) >= 11 is 1.15. The molecule has 0 saturated heterocycles. The summed E-state index contributed by atoms with van der Waals surface area (Å²) in [5.74, 6) is 0.342. The van der Waals surface area contributed by atoms with Crippen molar-refractivity contribution in [2.24, 2.45) is 5.92 Å². The van der Waals surface area contributed by atoms with Crippen LogP contribution >= 0.6 is 11.5 Å². The lowest BCUT2D eigenvalue weighted by atomic mass is 9.82. The quantitative estimate of drug-likeness (QED) is 0.823. The molecule has 5 nitrogen and oxygen atoms in total. The molecule has 0 bridgehead atoms. The smallest absolute Gasteiger partial charge is 0.264 e. The lowest BCUT2D eigenvalue weighted by Crippen LogP contribution is -2.38. The van der Waals surface area contributed by atoms with Gasteiger partial charge in [0.1, 0.15) is 4.88 Å². The summed E-state index contributed by atoms with van der Waals surface area (Å²) in [6, 6.07) is 0. The molecule has 0 radical (unpaired) electrons. The van der Waals surface area contributed by atoms with Gasteiger partial charge in [-0.1, -0.05) is 17.8 Å². The summed E-state index contributed by atoms with van der Waals surface area (Å²) in [5.41, 5.74) is 0.795. The number of nitrogens with zero attached hydrogens (tertiary/aromatic N) is 2. The SMILES string of the molecule is CCCc1nnsc1C(=O)NCC1CC(O)C1. The molecule has 0 atom stereocenters. The Hall–Kier alpha value is -1.01. The van der Waals surface area contributed by atoms with Crippen LogP contribution in [0.15, 0.2) is 0 Å². The van der Waals surface area contributed by atoms with Crippen LogP contribution in [0.25, 0.3) is 0 Å². The molecule has 0 spiro atoms. The fourth-order valence-corrected chi connectivity index (χ4v) is 2.59. The number of carbonyl (C=O) groups is 1. The second-order valence-electron chi connectivity index (χ2n) is 4.50. The first-order valence-corrected chi connectivity index (χ1v) is 6.75. The van der Waals surface area contributed by atoms with Gasteiger partial charge in [0.2, 0.25) is 0 Å². The van der Waals surface area contributed by atoms with Gasteiger partial charge in [-0.3, -0.25) is 4.79 Å². The highest BCUT2D eigenvalue weighted by Gasteiger charge is 2.27. The van der Waals surface area contributed by atoms with Crippen molar-refractivity contribution in [3.05, 3.63) is 10.6 Å². The summed E-state index contributed by atoms with van der Waals surface area (Å²) in [6.45, 7) is 2.69. The zero-order valence-corrected chi connectivity index (χ0v) is 10.7. The fourth-order valence-electron chi connectivity index (χ4n) is 1.97. The van der Waals surface area contributed by atoms with Crippen molar-refractivity contribution < 1.29 is 9.90 Å². The Balaban J connectivity index is 1.84. The zero-order valence-electron chi connectivity index (χ0n) is 9.85. The minimum absolute atomic E-state index is 0.0789. The van der Waals surface area contributed by atoms with E-state index >= 15 is 0 Å². The van der Waals surface area contributed by atoms with E-state index in [4.69, 9.17) is 5.11 Å². The second kappa shape index (κ2) is 5.55. The molecule has 17 heavy (non-hydrogen) atoms. The maximum absolute atomic E-state index is 11.9. The molecule has 1 saturated carbocycles. The van der Waals surface area contributed by atoms with Crippen molar-refractivity contribution in [2.45, 2.75) is 38.7 Å². The van der Waals surface area contributed by atoms with Crippen molar-refractivity contribution in [1.29, 1.82) is 0 Å². The average molecular weight is 255 g/mol. The topological polar surface area (TPSA) is 75.1 Å². The fraction of sp³-hybridized carbons (Fsp3) is 0.727. The van der Waals surface area contributed by atoms with Crippen LogP contribution in [0.5, 0.6) is 0 Å². The highest BCUT2D eigenvalue weighted by molar-refractivity contribution is 7.08. The van der Waals surface area contributed by atoms with Gasteiger partial charge in [0.05, 0.1) is 11.8 Å². The molecule has 1 heterocycles. The molecule has 94 valence electrons. The van der Waals surface area contributed by atoms with Gasteiger partial charge in [0.25, 0.3) is 5.91 Å². The summed E-state index contributed by atoms with van der Waals surface area (Å²) < 4.78 is 3.83. The van der Waals surface area contributed by atoms with Gasteiger partial charge in [-0.2, -0.15) is 0 Å². The Kier molecular flexibility index (Phi) is 4.06. The van der Waals surface area contributed by atoms with Crippen LogP contribution in [0.2, 0.25) is 0 Å². The van der Waals surface area contributed by atoms with E-state index in [0.29, 0.717) is 17.3 Å². The number of aliphatic hydroxyl groups excluding tert-OH is 1. The molecule has 1 aliphatic rings. The van der Waals surface area contributed by atoms with E-state index < -0.39 is 0 Å². The normalized spacial score (nSPS) is 23.2. The number of carbonyl (C=O) groups excluding carboxylic acids is 1. The molecule has 6 heteroatoms. The van der Waals surface area contributed by atoms with Gasteiger partial charge < -0.3 is 10.4 Å². The van der Waals surface area contributed by atoms with E-state index in [1.165, 1.54) is 0 Å². The molecule has 1 aromatic heterocycles. The molecule has 1 aromatic rings. The van der Waals surface area contributed by atoms with Gasteiger partial charge in [-0.25, -0.2) is 0 Å². The first-order valence-electron chi connectivity index (χ1n) is 5.98. The second-order valence-corrected chi connectivity index (χ2v) is 5.25. The minimum atomic E-state index is -0.169. The molecule has 2 N–H and O–H groups in total. The lowest BCUT2D eigenvalue weighted by Gasteiger charge is -2.31. The highest BCUT2D eigenvalue weighted by Crippen LogP contribution is 2.26. The van der Waals surface area contributed by atoms with Gasteiger partial charge in [0, 0.05) is 6.54 Å². The first-order chi connectivity index (χ1) is 8.20. The maximum Gasteiger partial charge on any atom is 0.264 e. The number of aromatic nitrogens is 2. The first kappa shape index (κ1) is 12.4. The number of hydrogen-bond acceptors (Lipinski definition) is 5. The monoisotopic (exact) mass is 255 g/mol. The summed E-state index contributed by atoms with van der Waals surface area (Å²) in [4.78, 5) is 12.5. The molecule has 0 aromatic carbocycles. The van der Waals surface area contributed by atoms with Gasteiger partial charge in [0.15, 0.2) is 0 Å². The van der Waals surface area contributed by atoms with Crippen LogP contribution in [0.3, 0.4) is 0 Å². The van der Waals surface area contributed by atoms with Crippen molar-refractivity contribution in [3.8, 4) is 0 Å². The molecule has 0 unspecified atom stereocenters. The van der Waals surface area contributed by atoms with Crippen molar-refractivity contribution >= 4 is 17.4 Å².